The van der Waals surface area contributed by atoms with Crippen LogP contribution in [0, 0.1) is 5.92 Å². The summed E-state index contributed by atoms with van der Waals surface area (Å²) in [4.78, 5) is 23.8. The molecule has 29 heavy (non-hydrogen) atoms. The molecule has 2 aromatic heterocycles. The third-order valence-electron chi connectivity index (χ3n) is 3.86. The second kappa shape index (κ2) is 9.05. The number of aromatic nitrogens is 4. The molecule has 1 amide bonds. The molecule has 0 fully saturated rings. The van der Waals surface area contributed by atoms with E-state index in [1.165, 1.54) is 6.07 Å². The number of hydrogen-bond donors (Lipinski definition) is 1. The van der Waals surface area contributed by atoms with Crippen molar-refractivity contribution >= 4 is 11.8 Å². The summed E-state index contributed by atoms with van der Waals surface area (Å²) in [6.45, 7) is 4.30. The summed E-state index contributed by atoms with van der Waals surface area (Å²) in [5.41, 5.74) is 1.39. The molecule has 0 aliphatic carbocycles. The molecule has 3 rings (SSSR count). The van der Waals surface area contributed by atoms with Gasteiger partial charge in [-0.2, -0.15) is 10.2 Å². The summed E-state index contributed by atoms with van der Waals surface area (Å²) in [6, 6.07) is 8.21. The molecule has 0 bridgehead atoms. The number of anilines is 1. The van der Waals surface area contributed by atoms with Crippen molar-refractivity contribution in [1.29, 1.82) is 0 Å². The molecule has 0 spiro atoms. The number of nitrogens with zero attached hydrogens (tertiary/aromatic N) is 4. The van der Waals surface area contributed by atoms with Crippen molar-refractivity contribution in [3.05, 3.63) is 64.8 Å². The molecule has 152 valence electrons. The van der Waals surface area contributed by atoms with E-state index in [0.717, 1.165) is 5.69 Å². The first-order valence-corrected chi connectivity index (χ1v) is 9.15. The van der Waals surface area contributed by atoms with Crippen molar-refractivity contribution in [2.75, 3.05) is 11.9 Å². The lowest BCUT2D eigenvalue weighted by Gasteiger charge is -2.10. The van der Waals surface area contributed by atoms with E-state index in [1.54, 1.807) is 59.3 Å². The van der Waals surface area contributed by atoms with Crippen molar-refractivity contribution in [2.24, 2.45) is 13.0 Å². The Kier molecular flexibility index (Phi) is 6.28. The molecule has 1 N–H and O–H groups in total. The number of carbonyl (C=O) groups is 1. The van der Waals surface area contributed by atoms with E-state index >= 15 is 0 Å². The van der Waals surface area contributed by atoms with Crippen LogP contribution in [-0.4, -0.2) is 32.3 Å². The molecule has 9 heteroatoms. The summed E-state index contributed by atoms with van der Waals surface area (Å²) >= 11 is 0. The molecule has 0 aliphatic heterocycles. The highest BCUT2D eigenvalue weighted by Gasteiger charge is 2.08. The van der Waals surface area contributed by atoms with Gasteiger partial charge in [-0.05, 0) is 30.2 Å². The minimum atomic E-state index is -0.503. The number of ether oxygens (including phenoxy) is 2. The SMILES string of the molecule is CC(C)COC(=O)Nc1ccc(OCc2nn(-c3cnn(C)c3)ccc2=O)cc1. The van der Waals surface area contributed by atoms with Crippen molar-refractivity contribution in [3.8, 4) is 11.4 Å². The number of benzene rings is 1. The molecule has 0 saturated carbocycles. The maximum Gasteiger partial charge on any atom is 0.411 e. The molecular weight excluding hydrogens is 374 g/mol. The van der Waals surface area contributed by atoms with E-state index in [2.05, 4.69) is 15.5 Å². The summed E-state index contributed by atoms with van der Waals surface area (Å²) in [6.07, 6.45) is 4.53. The number of rotatable bonds is 7. The Morgan fingerprint density at radius 3 is 2.62 bits per heavy atom. The average molecular weight is 397 g/mol. The molecule has 0 saturated heterocycles. The predicted molar refractivity (Wildman–Crippen MR) is 107 cm³/mol. The Balaban J connectivity index is 1.60. The van der Waals surface area contributed by atoms with Gasteiger partial charge in [-0.25, -0.2) is 9.48 Å². The van der Waals surface area contributed by atoms with Gasteiger partial charge in [0.05, 0.1) is 19.0 Å². The normalized spacial score (nSPS) is 10.8. The van der Waals surface area contributed by atoms with E-state index in [-0.39, 0.29) is 23.6 Å². The third kappa shape index (κ3) is 5.68. The first-order chi connectivity index (χ1) is 13.9. The van der Waals surface area contributed by atoms with Crippen LogP contribution in [0.2, 0.25) is 0 Å². The topological polar surface area (TPSA) is 100 Å². The highest BCUT2D eigenvalue weighted by molar-refractivity contribution is 5.84. The minimum Gasteiger partial charge on any atom is -0.487 e. The Labute approximate surface area is 167 Å². The van der Waals surface area contributed by atoms with E-state index in [0.29, 0.717) is 18.0 Å². The summed E-state index contributed by atoms with van der Waals surface area (Å²) in [7, 11) is 1.80. The van der Waals surface area contributed by atoms with Crippen LogP contribution in [0.25, 0.3) is 5.69 Å². The average Bonchev–Trinajstić information content (AvgIpc) is 3.13. The monoisotopic (exact) mass is 397 g/mol. The van der Waals surface area contributed by atoms with Crippen LogP contribution in [0.5, 0.6) is 5.75 Å². The molecule has 0 aliphatic rings. The Morgan fingerprint density at radius 2 is 1.97 bits per heavy atom. The van der Waals surface area contributed by atoms with Gasteiger partial charge in [0.15, 0.2) is 0 Å². The van der Waals surface area contributed by atoms with Gasteiger partial charge >= 0.3 is 6.09 Å². The molecule has 1 aromatic carbocycles. The van der Waals surface area contributed by atoms with E-state index in [1.807, 2.05) is 13.8 Å². The lowest BCUT2D eigenvalue weighted by molar-refractivity contribution is 0.147. The van der Waals surface area contributed by atoms with Crippen LogP contribution >= 0.6 is 0 Å². The van der Waals surface area contributed by atoms with Crippen LogP contribution < -0.4 is 15.5 Å². The second-order valence-corrected chi connectivity index (χ2v) is 6.87. The van der Waals surface area contributed by atoms with Gasteiger partial charge in [-0.1, -0.05) is 13.8 Å². The fourth-order valence-corrected chi connectivity index (χ4v) is 2.40. The zero-order chi connectivity index (χ0) is 20.8. The summed E-state index contributed by atoms with van der Waals surface area (Å²) in [5.74, 6) is 0.815. The van der Waals surface area contributed by atoms with E-state index < -0.39 is 6.09 Å². The Morgan fingerprint density at radius 1 is 1.21 bits per heavy atom. The van der Waals surface area contributed by atoms with Crippen LogP contribution in [0.3, 0.4) is 0 Å². The smallest absolute Gasteiger partial charge is 0.411 e. The van der Waals surface area contributed by atoms with Crippen molar-refractivity contribution in [1.82, 2.24) is 19.6 Å². The van der Waals surface area contributed by atoms with E-state index in [9.17, 15) is 9.59 Å². The number of hydrogen-bond acceptors (Lipinski definition) is 6. The molecular formula is C20H23N5O4. The van der Waals surface area contributed by atoms with Gasteiger partial charge in [0.25, 0.3) is 0 Å². The molecule has 0 unspecified atom stereocenters. The van der Waals surface area contributed by atoms with Crippen molar-refractivity contribution in [3.63, 3.8) is 0 Å². The zero-order valence-corrected chi connectivity index (χ0v) is 16.5. The quantitative estimate of drug-likeness (QED) is 0.658. The highest BCUT2D eigenvalue weighted by Crippen LogP contribution is 2.17. The molecule has 0 radical (unpaired) electrons. The predicted octanol–water partition coefficient (Wildman–Crippen LogP) is 2.75. The Bertz CT molecular complexity index is 1020. The maximum absolute atomic E-state index is 12.1. The fraction of sp³-hybridized carbons (Fsp3) is 0.300. The van der Waals surface area contributed by atoms with Crippen LogP contribution in [0.15, 0.2) is 53.7 Å². The molecule has 0 atom stereocenters. The first kappa shape index (κ1) is 20.1. The molecule has 9 nitrogen and oxygen atoms in total. The van der Waals surface area contributed by atoms with Crippen LogP contribution in [0.4, 0.5) is 10.5 Å². The van der Waals surface area contributed by atoms with Crippen molar-refractivity contribution in [2.45, 2.75) is 20.5 Å². The summed E-state index contributed by atoms with van der Waals surface area (Å²) < 4.78 is 14.0. The van der Waals surface area contributed by atoms with Gasteiger partial charge < -0.3 is 9.47 Å². The van der Waals surface area contributed by atoms with Gasteiger partial charge in [0.1, 0.15) is 23.7 Å². The number of nitrogens with one attached hydrogen (secondary N) is 1. The van der Waals surface area contributed by atoms with Gasteiger partial charge in [0.2, 0.25) is 5.43 Å². The van der Waals surface area contributed by atoms with Crippen LogP contribution in [-0.2, 0) is 18.4 Å². The summed E-state index contributed by atoms with van der Waals surface area (Å²) in [5, 5.41) is 11.1. The van der Waals surface area contributed by atoms with Gasteiger partial charge in [0, 0.05) is 25.0 Å². The molecule has 2 heterocycles. The largest absolute Gasteiger partial charge is 0.487 e. The number of amides is 1. The zero-order valence-electron chi connectivity index (χ0n) is 16.5. The third-order valence-corrected chi connectivity index (χ3v) is 3.86. The highest BCUT2D eigenvalue weighted by atomic mass is 16.5. The Hall–Kier alpha value is -3.62. The van der Waals surface area contributed by atoms with Crippen molar-refractivity contribution < 1.29 is 14.3 Å². The van der Waals surface area contributed by atoms with Gasteiger partial charge in [-0.15, -0.1) is 0 Å². The van der Waals surface area contributed by atoms with E-state index in [4.69, 9.17) is 9.47 Å². The second-order valence-electron chi connectivity index (χ2n) is 6.87. The standard InChI is InChI=1S/C20H23N5O4/c1-14(2)12-29-20(27)22-15-4-6-17(7-5-15)28-13-18-19(26)8-9-25(23-18)16-10-21-24(3)11-16/h4-11,14H,12-13H2,1-3H3,(H,22,27). The minimum absolute atomic E-state index is 0.0170. The lowest BCUT2D eigenvalue weighted by Crippen LogP contribution is -2.18. The fourth-order valence-electron chi connectivity index (χ4n) is 2.40. The molecule has 3 aromatic rings. The number of carbonyl (C=O) groups excluding carboxylic acids is 1. The lowest BCUT2D eigenvalue weighted by atomic mass is 10.2. The first-order valence-electron chi connectivity index (χ1n) is 9.15. The van der Waals surface area contributed by atoms with Crippen LogP contribution in [0.1, 0.15) is 19.5 Å². The number of aryl methyl sites for hydroxylation is 1. The maximum atomic E-state index is 12.1. The van der Waals surface area contributed by atoms with Gasteiger partial charge in [-0.3, -0.25) is 14.8 Å².